The normalized spacial score (nSPS) is 27.2. The van der Waals surface area contributed by atoms with Crippen LogP contribution in [-0.4, -0.2) is 17.7 Å². The number of hydrogen-bond acceptors (Lipinski definition) is 3. The average Bonchev–Trinajstić information content (AvgIpc) is 3.06. The van der Waals surface area contributed by atoms with E-state index in [9.17, 15) is 14.4 Å². The molecule has 1 N–H and O–H groups in total. The second-order valence-corrected chi connectivity index (χ2v) is 8.07. The summed E-state index contributed by atoms with van der Waals surface area (Å²) in [6, 6.07) is 16.4. The van der Waals surface area contributed by atoms with Gasteiger partial charge < -0.3 is 5.32 Å². The first kappa shape index (κ1) is 17.9. The van der Waals surface area contributed by atoms with Crippen LogP contribution < -0.4 is 10.2 Å². The Balaban J connectivity index is 1.31. The van der Waals surface area contributed by atoms with E-state index in [1.807, 2.05) is 30.3 Å². The molecule has 1 heterocycles. The van der Waals surface area contributed by atoms with E-state index in [0.717, 1.165) is 18.4 Å². The van der Waals surface area contributed by atoms with E-state index in [1.54, 1.807) is 24.3 Å². The second-order valence-electron chi connectivity index (χ2n) is 8.07. The molecule has 0 spiro atoms. The summed E-state index contributed by atoms with van der Waals surface area (Å²) in [5.74, 6) is -0.472. The molecule has 2 aromatic carbocycles. The largest absolute Gasteiger partial charge is 0.348 e. The van der Waals surface area contributed by atoms with Crippen molar-refractivity contribution >= 4 is 23.4 Å². The van der Waals surface area contributed by atoms with E-state index in [2.05, 4.69) is 17.5 Å². The highest BCUT2D eigenvalue weighted by molar-refractivity contribution is 6.22. The van der Waals surface area contributed by atoms with Gasteiger partial charge >= 0.3 is 0 Å². The van der Waals surface area contributed by atoms with Gasteiger partial charge in [-0.15, -0.1) is 0 Å². The summed E-state index contributed by atoms with van der Waals surface area (Å²) >= 11 is 0. The van der Waals surface area contributed by atoms with Gasteiger partial charge in [-0.2, -0.15) is 0 Å². The molecule has 5 heteroatoms. The van der Waals surface area contributed by atoms with E-state index in [4.69, 9.17) is 0 Å². The van der Waals surface area contributed by atoms with Crippen LogP contribution in [0.5, 0.6) is 0 Å². The van der Waals surface area contributed by atoms with Gasteiger partial charge in [0.2, 0.25) is 11.8 Å². The lowest BCUT2D eigenvalue weighted by atomic mass is 9.63. The van der Waals surface area contributed by atoms with Crippen molar-refractivity contribution < 1.29 is 14.4 Å². The number of anilines is 1. The molecular weight excluding hydrogens is 364 g/mol. The molecule has 2 fully saturated rings. The smallest absolute Gasteiger partial charge is 0.251 e. The van der Waals surface area contributed by atoms with Gasteiger partial charge in [0, 0.05) is 12.1 Å². The van der Waals surface area contributed by atoms with Crippen molar-refractivity contribution in [3.63, 3.8) is 0 Å². The number of nitrogens with one attached hydrogen (secondary N) is 1. The number of carbonyl (C=O) groups is 3. The van der Waals surface area contributed by atoms with Crippen molar-refractivity contribution in [2.24, 2.45) is 23.7 Å². The van der Waals surface area contributed by atoms with E-state index >= 15 is 0 Å². The number of imide groups is 1. The Morgan fingerprint density at radius 1 is 0.862 bits per heavy atom. The molecule has 4 atom stereocenters. The van der Waals surface area contributed by atoms with Crippen LogP contribution >= 0.6 is 0 Å². The SMILES string of the molecule is O=C(NCc1ccccc1)c1ccc(N2C(=O)C3C4C=CC(CC4)C3C2=O)cc1. The number of hydrogen-bond donors (Lipinski definition) is 1. The van der Waals surface area contributed by atoms with Gasteiger partial charge in [-0.05, 0) is 54.5 Å². The summed E-state index contributed by atoms with van der Waals surface area (Å²) in [4.78, 5) is 39.8. The quantitative estimate of drug-likeness (QED) is 0.648. The van der Waals surface area contributed by atoms with Gasteiger partial charge in [-0.3, -0.25) is 19.3 Å². The molecule has 1 saturated heterocycles. The topological polar surface area (TPSA) is 66.5 Å². The second kappa shape index (κ2) is 6.99. The molecule has 2 aromatic rings. The zero-order valence-electron chi connectivity index (χ0n) is 16.0. The Bertz CT molecular complexity index is 965. The summed E-state index contributed by atoms with van der Waals surface area (Å²) in [5, 5.41) is 2.89. The number of fused-ring (bicyclic) bond motifs is 1. The molecule has 3 aliphatic carbocycles. The molecule has 29 heavy (non-hydrogen) atoms. The lowest BCUT2D eigenvalue weighted by Gasteiger charge is -2.38. The van der Waals surface area contributed by atoms with Crippen LogP contribution in [0.3, 0.4) is 0 Å². The fourth-order valence-corrected chi connectivity index (χ4v) is 4.97. The van der Waals surface area contributed by atoms with Crippen molar-refractivity contribution in [2.45, 2.75) is 19.4 Å². The minimum absolute atomic E-state index is 0.0969. The predicted molar refractivity (Wildman–Crippen MR) is 109 cm³/mol. The molecule has 1 saturated carbocycles. The molecule has 6 rings (SSSR count). The molecule has 0 radical (unpaired) electrons. The van der Waals surface area contributed by atoms with Crippen molar-refractivity contribution in [2.75, 3.05) is 4.90 Å². The molecule has 146 valence electrons. The zero-order chi connectivity index (χ0) is 20.0. The van der Waals surface area contributed by atoms with Gasteiger partial charge in [0.25, 0.3) is 5.91 Å². The molecule has 3 amide bonds. The Morgan fingerprint density at radius 2 is 1.45 bits per heavy atom. The minimum Gasteiger partial charge on any atom is -0.348 e. The van der Waals surface area contributed by atoms with Crippen LogP contribution in [0.15, 0.2) is 66.7 Å². The maximum absolute atomic E-state index is 13.0. The number of carbonyl (C=O) groups excluding carboxylic acids is 3. The summed E-state index contributed by atoms with van der Waals surface area (Å²) in [5.41, 5.74) is 2.08. The van der Waals surface area contributed by atoms with Gasteiger partial charge in [0.1, 0.15) is 0 Å². The van der Waals surface area contributed by atoms with Crippen LogP contribution in [0.25, 0.3) is 0 Å². The molecular formula is C24H22N2O3. The van der Waals surface area contributed by atoms with Gasteiger partial charge in [-0.25, -0.2) is 0 Å². The monoisotopic (exact) mass is 386 g/mol. The molecule has 4 unspecified atom stereocenters. The fourth-order valence-electron chi connectivity index (χ4n) is 4.97. The maximum atomic E-state index is 13.0. The summed E-state index contributed by atoms with van der Waals surface area (Å²) in [7, 11) is 0. The highest BCUT2D eigenvalue weighted by atomic mass is 16.2. The van der Waals surface area contributed by atoms with Crippen molar-refractivity contribution in [3.05, 3.63) is 77.9 Å². The molecule has 1 aliphatic heterocycles. The number of allylic oxidation sites excluding steroid dienone is 2. The van der Waals surface area contributed by atoms with E-state index in [-0.39, 0.29) is 41.4 Å². The predicted octanol–water partition coefficient (Wildman–Crippen LogP) is 3.32. The van der Waals surface area contributed by atoms with E-state index in [1.165, 1.54) is 4.90 Å². The zero-order valence-corrected chi connectivity index (χ0v) is 16.0. The Labute approximate surface area is 169 Å². The lowest BCUT2D eigenvalue weighted by Crippen LogP contribution is -2.38. The number of rotatable bonds is 4. The first-order chi connectivity index (χ1) is 14.1. The molecule has 2 bridgehead atoms. The van der Waals surface area contributed by atoms with Crippen molar-refractivity contribution in [1.29, 1.82) is 0 Å². The Kier molecular flexibility index (Phi) is 4.31. The highest BCUT2D eigenvalue weighted by Crippen LogP contribution is 2.50. The number of benzene rings is 2. The maximum Gasteiger partial charge on any atom is 0.251 e. The Hall–Kier alpha value is -3.21. The summed E-state index contributed by atoms with van der Waals surface area (Å²) < 4.78 is 0. The third-order valence-corrected chi connectivity index (χ3v) is 6.44. The number of amides is 3. The standard InChI is InChI=1S/C24H22N2O3/c27-22(25-14-15-4-2-1-3-5-15)18-10-12-19(13-11-18)26-23(28)20-16-6-7-17(9-8-16)21(20)24(26)29/h1-7,10-13,16-17,20-21H,8-9,14H2,(H,25,27). The fraction of sp³-hybridized carbons (Fsp3) is 0.292. The first-order valence-corrected chi connectivity index (χ1v) is 10.1. The minimum atomic E-state index is -0.222. The summed E-state index contributed by atoms with van der Waals surface area (Å²) in [6.45, 7) is 0.448. The van der Waals surface area contributed by atoms with E-state index < -0.39 is 0 Å². The van der Waals surface area contributed by atoms with Crippen LogP contribution in [0.4, 0.5) is 5.69 Å². The van der Waals surface area contributed by atoms with E-state index in [0.29, 0.717) is 17.8 Å². The summed E-state index contributed by atoms with van der Waals surface area (Å²) in [6.07, 6.45) is 6.19. The first-order valence-electron chi connectivity index (χ1n) is 10.1. The molecule has 4 aliphatic rings. The lowest BCUT2D eigenvalue weighted by molar-refractivity contribution is -0.124. The molecule has 0 aromatic heterocycles. The van der Waals surface area contributed by atoms with Gasteiger partial charge in [0.15, 0.2) is 0 Å². The molecule has 5 nitrogen and oxygen atoms in total. The number of nitrogens with zero attached hydrogens (tertiary/aromatic N) is 1. The highest BCUT2D eigenvalue weighted by Gasteiger charge is 2.56. The van der Waals surface area contributed by atoms with Crippen molar-refractivity contribution in [3.8, 4) is 0 Å². The third kappa shape index (κ3) is 2.97. The van der Waals surface area contributed by atoms with Gasteiger partial charge in [0.05, 0.1) is 17.5 Å². The van der Waals surface area contributed by atoms with Gasteiger partial charge in [-0.1, -0.05) is 42.5 Å². The average molecular weight is 386 g/mol. The van der Waals surface area contributed by atoms with Crippen molar-refractivity contribution in [1.82, 2.24) is 5.32 Å². The third-order valence-electron chi connectivity index (χ3n) is 6.44. The van der Waals surface area contributed by atoms with Crippen LogP contribution in [-0.2, 0) is 16.1 Å². The van der Waals surface area contributed by atoms with Crippen LogP contribution in [0.1, 0.15) is 28.8 Å². The van der Waals surface area contributed by atoms with Crippen LogP contribution in [0.2, 0.25) is 0 Å². The Morgan fingerprint density at radius 3 is 2.00 bits per heavy atom. The van der Waals surface area contributed by atoms with Crippen LogP contribution in [0, 0.1) is 23.7 Å².